The van der Waals surface area contributed by atoms with Crippen LogP contribution in [0.25, 0.3) is 0 Å². The number of rotatable bonds is 3. The van der Waals surface area contributed by atoms with Crippen LogP contribution in [0.5, 0.6) is 5.75 Å². The fourth-order valence-electron chi connectivity index (χ4n) is 3.78. The van der Waals surface area contributed by atoms with Gasteiger partial charge >= 0.3 is 6.03 Å². The Morgan fingerprint density at radius 2 is 1.89 bits per heavy atom. The second-order valence-corrected chi connectivity index (χ2v) is 7.23. The number of nitrogens with one attached hydrogen (secondary N) is 1. The minimum atomic E-state index is -0.162. The summed E-state index contributed by atoms with van der Waals surface area (Å²) >= 11 is 0. The first kappa shape index (κ1) is 18.2. The Labute approximate surface area is 165 Å². The van der Waals surface area contributed by atoms with Gasteiger partial charge in [0.15, 0.2) is 0 Å². The lowest BCUT2D eigenvalue weighted by molar-refractivity contribution is 0.181. The molecule has 4 rings (SSSR count). The molecule has 5 nitrogen and oxygen atoms in total. The monoisotopic (exact) mass is 375 g/mol. The molecule has 144 valence electrons. The number of methoxy groups -OCH3 is 1. The highest BCUT2D eigenvalue weighted by Gasteiger charge is 2.32. The molecule has 0 saturated heterocycles. The number of carbonyl (C=O) groups excluding carboxylic acids is 1. The van der Waals surface area contributed by atoms with E-state index in [1.807, 2.05) is 53.4 Å². The standard InChI is InChI=1S/C23H25N3O2/c1-16-9-10-19(14-17(16)2)24-23(27)26-13-12-25-11-5-8-21(25)22(26)18-6-4-7-20(15-18)28-3/h4-11,14-15,22H,12-13H2,1-3H3,(H,24,27). The topological polar surface area (TPSA) is 46.5 Å². The van der Waals surface area contributed by atoms with E-state index >= 15 is 0 Å². The molecule has 1 aliphatic heterocycles. The molecule has 1 aromatic heterocycles. The number of urea groups is 1. The van der Waals surface area contributed by atoms with Gasteiger partial charge in [0.25, 0.3) is 0 Å². The lowest BCUT2D eigenvalue weighted by atomic mass is 10.00. The molecule has 2 aromatic carbocycles. The van der Waals surface area contributed by atoms with Gasteiger partial charge in [0.05, 0.1) is 13.2 Å². The molecule has 1 atom stereocenters. The van der Waals surface area contributed by atoms with E-state index in [2.05, 4.69) is 36.0 Å². The normalized spacial score (nSPS) is 15.8. The molecule has 0 aliphatic carbocycles. The molecule has 0 fully saturated rings. The van der Waals surface area contributed by atoms with Crippen LogP contribution in [0.4, 0.5) is 10.5 Å². The Morgan fingerprint density at radius 3 is 2.68 bits per heavy atom. The third-order valence-corrected chi connectivity index (χ3v) is 5.47. The largest absolute Gasteiger partial charge is 0.497 e. The molecule has 0 radical (unpaired) electrons. The summed E-state index contributed by atoms with van der Waals surface area (Å²) in [5, 5.41) is 3.08. The number of hydrogen-bond donors (Lipinski definition) is 1. The molecule has 1 unspecified atom stereocenters. The van der Waals surface area contributed by atoms with E-state index in [9.17, 15) is 4.79 Å². The SMILES string of the molecule is COc1cccc(C2c3cccn3CCN2C(=O)Nc2ccc(C)c(C)c2)c1. The van der Waals surface area contributed by atoms with Gasteiger partial charge in [-0.1, -0.05) is 18.2 Å². The molecule has 28 heavy (non-hydrogen) atoms. The van der Waals surface area contributed by atoms with Crippen molar-refractivity contribution in [3.63, 3.8) is 0 Å². The van der Waals surface area contributed by atoms with Gasteiger partial charge in [-0.15, -0.1) is 0 Å². The van der Waals surface area contributed by atoms with Crippen molar-refractivity contribution < 1.29 is 9.53 Å². The third-order valence-electron chi connectivity index (χ3n) is 5.47. The number of benzene rings is 2. The van der Waals surface area contributed by atoms with Gasteiger partial charge in [0, 0.05) is 30.7 Å². The average molecular weight is 375 g/mol. The van der Waals surface area contributed by atoms with E-state index in [-0.39, 0.29) is 12.1 Å². The summed E-state index contributed by atoms with van der Waals surface area (Å²) in [6.07, 6.45) is 2.07. The van der Waals surface area contributed by atoms with Crippen LogP contribution in [-0.2, 0) is 6.54 Å². The van der Waals surface area contributed by atoms with E-state index in [1.165, 1.54) is 5.56 Å². The van der Waals surface area contributed by atoms with Crippen LogP contribution in [0.3, 0.4) is 0 Å². The van der Waals surface area contributed by atoms with Gasteiger partial charge in [0.2, 0.25) is 0 Å². The Morgan fingerprint density at radius 1 is 1.04 bits per heavy atom. The van der Waals surface area contributed by atoms with Crippen molar-refractivity contribution in [3.8, 4) is 5.75 Å². The van der Waals surface area contributed by atoms with Crippen LogP contribution in [0.2, 0.25) is 0 Å². The molecule has 0 saturated carbocycles. The average Bonchev–Trinajstić information content (AvgIpc) is 3.18. The number of aryl methyl sites for hydroxylation is 2. The highest BCUT2D eigenvalue weighted by molar-refractivity contribution is 5.90. The number of nitrogens with zero attached hydrogens (tertiary/aromatic N) is 2. The van der Waals surface area contributed by atoms with Crippen molar-refractivity contribution in [2.45, 2.75) is 26.4 Å². The van der Waals surface area contributed by atoms with Gasteiger partial charge in [-0.25, -0.2) is 4.79 Å². The van der Waals surface area contributed by atoms with Gasteiger partial charge < -0.3 is 19.5 Å². The van der Waals surface area contributed by atoms with Gasteiger partial charge in [0.1, 0.15) is 5.75 Å². The van der Waals surface area contributed by atoms with E-state index < -0.39 is 0 Å². The maximum absolute atomic E-state index is 13.2. The number of hydrogen-bond acceptors (Lipinski definition) is 2. The van der Waals surface area contributed by atoms with Crippen molar-refractivity contribution in [3.05, 3.63) is 83.2 Å². The van der Waals surface area contributed by atoms with Gasteiger partial charge in [-0.2, -0.15) is 0 Å². The highest BCUT2D eigenvalue weighted by Crippen LogP contribution is 2.34. The maximum atomic E-state index is 13.2. The molecule has 5 heteroatoms. The molecule has 1 N–H and O–H groups in total. The summed E-state index contributed by atoms with van der Waals surface area (Å²) < 4.78 is 7.62. The van der Waals surface area contributed by atoms with Crippen LogP contribution in [0, 0.1) is 13.8 Å². The molecule has 0 spiro atoms. The van der Waals surface area contributed by atoms with E-state index in [0.717, 1.165) is 34.8 Å². The Balaban J connectivity index is 1.67. The van der Waals surface area contributed by atoms with Crippen molar-refractivity contribution in [1.29, 1.82) is 0 Å². The fourth-order valence-corrected chi connectivity index (χ4v) is 3.78. The first-order valence-electron chi connectivity index (χ1n) is 9.50. The summed E-state index contributed by atoms with van der Waals surface area (Å²) in [7, 11) is 1.66. The zero-order chi connectivity index (χ0) is 19.7. The minimum absolute atomic E-state index is 0.0940. The van der Waals surface area contributed by atoms with E-state index in [0.29, 0.717) is 6.54 Å². The Bertz CT molecular complexity index is 1010. The van der Waals surface area contributed by atoms with E-state index in [1.54, 1.807) is 7.11 Å². The second-order valence-electron chi connectivity index (χ2n) is 7.23. The quantitative estimate of drug-likeness (QED) is 0.718. The van der Waals surface area contributed by atoms with Crippen LogP contribution in [0.15, 0.2) is 60.8 Å². The third kappa shape index (κ3) is 3.36. The van der Waals surface area contributed by atoms with Crippen LogP contribution in [0.1, 0.15) is 28.4 Å². The summed E-state index contributed by atoms with van der Waals surface area (Å²) in [6, 6.07) is 17.8. The van der Waals surface area contributed by atoms with Crippen LogP contribution >= 0.6 is 0 Å². The second kappa shape index (κ2) is 7.43. The Hall–Kier alpha value is -3.21. The summed E-state index contributed by atoms with van der Waals surface area (Å²) in [5.41, 5.74) is 5.33. The van der Waals surface area contributed by atoms with Crippen molar-refractivity contribution in [2.24, 2.45) is 0 Å². The summed E-state index contributed by atoms with van der Waals surface area (Å²) in [6.45, 7) is 5.54. The molecule has 1 aliphatic rings. The number of fused-ring (bicyclic) bond motifs is 1. The van der Waals surface area contributed by atoms with Crippen LogP contribution in [-0.4, -0.2) is 29.2 Å². The Kier molecular flexibility index (Phi) is 4.82. The van der Waals surface area contributed by atoms with Crippen molar-refractivity contribution >= 4 is 11.7 Å². The molecule has 2 amide bonds. The minimum Gasteiger partial charge on any atom is -0.497 e. The smallest absolute Gasteiger partial charge is 0.322 e. The zero-order valence-corrected chi connectivity index (χ0v) is 16.5. The predicted octanol–water partition coefficient (Wildman–Crippen LogP) is 4.75. The first-order valence-corrected chi connectivity index (χ1v) is 9.50. The predicted molar refractivity (Wildman–Crippen MR) is 111 cm³/mol. The lowest BCUT2D eigenvalue weighted by Crippen LogP contribution is -2.44. The lowest BCUT2D eigenvalue weighted by Gasteiger charge is -2.37. The number of amides is 2. The summed E-state index contributed by atoms with van der Waals surface area (Å²) in [4.78, 5) is 15.1. The molecule has 2 heterocycles. The van der Waals surface area contributed by atoms with Gasteiger partial charge in [-0.05, 0) is 66.9 Å². The summed E-state index contributed by atoms with van der Waals surface area (Å²) in [5.74, 6) is 0.788. The number of carbonyl (C=O) groups is 1. The van der Waals surface area contributed by atoms with Gasteiger partial charge in [-0.3, -0.25) is 0 Å². The highest BCUT2D eigenvalue weighted by atomic mass is 16.5. The van der Waals surface area contributed by atoms with Crippen molar-refractivity contribution in [1.82, 2.24) is 9.47 Å². The van der Waals surface area contributed by atoms with E-state index in [4.69, 9.17) is 4.74 Å². The molecular formula is C23H25N3O2. The maximum Gasteiger partial charge on any atom is 0.322 e. The molecular weight excluding hydrogens is 350 g/mol. The number of aromatic nitrogens is 1. The molecule has 0 bridgehead atoms. The first-order chi connectivity index (χ1) is 13.6. The van der Waals surface area contributed by atoms with Crippen molar-refractivity contribution in [2.75, 3.05) is 19.0 Å². The number of ether oxygens (including phenoxy) is 1. The molecule has 3 aromatic rings. The van der Waals surface area contributed by atoms with Crippen LogP contribution < -0.4 is 10.1 Å². The fraction of sp³-hybridized carbons (Fsp3) is 0.261. The number of anilines is 1. The zero-order valence-electron chi connectivity index (χ0n) is 16.5.